The summed E-state index contributed by atoms with van der Waals surface area (Å²) >= 11 is 0. The first-order chi connectivity index (χ1) is 8.19. The van der Waals surface area contributed by atoms with E-state index >= 15 is 0 Å². The van der Waals surface area contributed by atoms with Crippen molar-refractivity contribution in [1.29, 1.82) is 0 Å². The van der Waals surface area contributed by atoms with Crippen LogP contribution in [-0.4, -0.2) is 12.0 Å². The molecule has 2 aromatic rings. The van der Waals surface area contributed by atoms with Crippen molar-refractivity contribution >= 4 is 0 Å². The molecule has 0 aliphatic heterocycles. The van der Waals surface area contributed by atoms with Crippen molar-refractivity contribution in [1.82, 2.24) is 10.3 Å². The van der Waals surface area contributed by atoms with Gasteiger partial charge in [0.1, 0.15) is 12.1 Å². The van der Waals surface area contributed by atoms with Crippen LogP contribution in [0.25, 0.3) is 0 Å². The Hall–Kier alpha value is -1.95. The second kappa shape index (κ2) is 4.92. The lowest BCUT2D eigenvalue weighted by Crippen LogP contribution is -2.04. The summed E-state index contributed by atoms with van der Waals surface area (Å²) in [7, 11) is 1.76. The van der Waals surface area contributed by atoms with Crippen LogP contribution in [0.2, 0.25) is 0 Å². The molecular weight excluding hydrogens is 230 g/mol. The fourth-order valence-electron chi connectivity index (χ4n) is 1.25. The fraction of sp³-hybridized carbons (Fsp3) is 0.182. The van der Waals surface area contributed by atoms with Gasteiger partial charge in [-0.15, -0.1) is 0 Å². The van der Waals surface area contributed by atoms with Gasteiger partial charge in [-0.3, -0.25) is 0 Å². The molecule has 2 rings (SSSR count). The second-order valence-corrected chi connectivity index (χ2v) is 3.31. The van der Waals surface area contributed by atoms with Gasteiger partial charge < -0.3 is 14.5 Å². The van der Waals surface area contributed by atoms with Gasteiger partial charge in [0.2, 0.25) is 0 Å². The quantitative estimate of drug-likeness (QED) is 0.891. The number of hydrogen-bond acceptors (Lipinski definition) is 4. The van der Waals surface area contributed by atoms with Crippen molar-refractivity contribution < 1.29 is 17.9 Å². The normalized spacial score (nSPS) is 10.5. The van der Waals surface area contributed by atoms with E-state index in [2.05, 4.69) is 10.3 Å². The van der Waals surface area contributed by atoms with Gasteiger partial charge in [-0.1, -0.05) is 0 Å². The lowest BCUT2D eigenvalue weighted by Gasteiger charge is -2.01. The van der Waals surface area contributed by atoms with E-state index in [0.717, 1.165) is 12.1 Å². The Balaban J connectivity index is 2.13. The zero-order valence-electron chi connectivity index (χ0n) is 9.04. The lowest BCUT2D eigenvalue weighted by molar-refractivity contribution is 0.317. The molecule has 0 saturated carbocycles. The predicted octanol–water partition coefficient (Wildman–Crippen LogP) is 2.46. The van der Waals surface area contributed by atoms with Crippen LogP contribution in [-0.2, 0) is 6.54 Å². The average Bonchev–Trinajstić information content (AvgIpc) is 2.71. The van der Waals surface area contributed by atoms with Gasteiger partial charge >= 0.3 is 6.08 Å². The molecule has 1 N–H and O–H groups in total. The van der Waals surface area contributed by atoms with Crippen LogP contribution in [0.4, 0.5) is 8.78 Å². The molecule has 0 atom stereocenters. The van der Waals surface area contributed by atoms with E-state index in [9.17, 15) is 8.78 Å². The van der Waals surface area contributed by atoms with Crippen LogP contribution in [0.15, 0.2) is 28.9 Å². The van der Waals surface area contributed by atoms with Crippen molar-refractivity contribution in [2.45, 2.75) is 6.54 Å². The highest BCUT2D eigenvalue weighted by Gasteiger charge is 2.10. The van der Waals surface area contributed by atoms with Gasteiger partial charge in [-0.2, -0.15) is 4.98 Å². The first kappa shape index (κ1) is 11.5. The monoisotopic (exact) mass is 240 g/mol. The zero-order valence-corrected chi connectivity index (χ0v) is 9.04. The van der Waals surface area contributed by atoms with Crippen LogP contribution in [0.1, 0.15) is 5.69 Å². The van der Waals surface area contributed by atoms with Gasteiger partial charge in [-0.25, -0.2) is 8.78 Å². The Morgan fingerprint density at radius 1 is 1.41 bits per heavy atom. The van der Waals surface area contributed by atoms with Crippen LogP contribution in [0.3, 0.4) is 0 Å². The molecular formula is C11H10F2N2O2. The molecule has 0 saturated heterocycles. The van der Waals surface area contributed by atoms with Crippen LogP contribution < -0.4 is 10.1 Å². The first-order valence-corrected chi connectivity index (χ1v) is 4.91. The smallest absolute Gasteiger partial charge is 0.399 e. The maximum absolute atomic E-state index is 13.2. The summed E-state index contributed by atoms with van der Waals surface area (Å²) in [6, 6.07) is 3.00. The minimum atomic E-state index is -0.807. The highest BCUT2D eigenvalue weighted by molar-refractivity contribution is 5.26. The highest BCUT2D eigenvalue weighted by Crippen LogP contribution is 2.24. The number of nitrogens with zero attached hydrogens (tertiary/aromatic N) is 1. The van der Waals surface area contributed by atoms with E-state index in [1.54, 1.807) is 7.05 Å². The van der Waals surface area contributed by atoms with Crippen molar-refractivity contribution in [3.63, 3.8) is 0 Å². The van der Waals surface area contributed by atoms with Gasteiger partial charge in [0, 0.05) is 12.6 Å². The summed E-state index contributed by atoms with van der Waals surface area (Å²) < 4.78 is 35.9. The Labute approximate surface area is 96.2 Å². The third kappa shape index (κ3) is 2.79. The van der Waals surface area contributed by atoms with Crippen molar-refractivity contribution in [2.24, 2.45) is 0 Å². The standard InChI is InChI=1S/C11H10F2N2O2/c1-14-5-8-6-16-11(15-8)17-10-3-2-7(12)4-9(10)13/h2-4,6,14H,5H2,1H3. The number of rotatable bonds is 4. The molecule has 0 unspecified atom stereocenters. The van der Waals surface area contributed by atoms with Gasteiger partial charge in [0.05, 0.1) is 5.69 Å². The molecule has 0 bridgehead atoms. The van der Waals surface area contributed by atoms with Crippen LogP contribution >= 0.6 is 0 Å². The topological polar surface area (TPSA) is 47.3 Å². The van der Waals surface area contributed by atoms with Crippen molar-refractivity contribution in [3.05, 3.63) is 41.8 Å². The number of oxazole rings is 1. The average molecular weight is 240 g/mol. The summed E-state index contributed by atoms with van der Waals surface area (Å²) in [4.78, 5) is 3.95. The maximum Gasteiger partial charge on any atom is 0.399 e. The number of nitrogens with one attached hydrogen (secondary N) is 1. The van der Waals surface area contributed by atoms with Crippen molar-refractivity contribution in [2.75, 3.05) is 7.05 Å². The molecule has 90 valence electrons. The largest absolute Gasteiger partial charge is 0.417 e. The SMILES string of the molecule is CNCc1coc(Oc2ccc(F)cc2F)n1. The van der Waals surface area contributed by atoms with E-state index in [1.807, 2.05) is 0 Å². The third-order valence-corrected chi connectivity index (χ3v) is 1.98. The molecule has 17 heavy (non-hydrogen) atoms. The summed E-state index contributed by atoms with van der Waals surface area (Å²) in [5.74, 6) is -1.61. The second-order valence-electron chi connectivity index (χ2n) is 3.31. The minimum Gasteiger partial charge on any atom is -0.417 e. The molecule has 0 radical (unpaired) electrons. The summed E-state index contributed by atoms with van der Waals surface area (Å²) in [5, 5.41) is 2.88. The molecule has 0 fully saturated rings. The lowest BCUT2D eigenvalue weighted by atomic mass is 10.3. The molecule has 0 aliphatic carbocycles. The van der Waals surface area contributed by atoms with Crippen LogP contribution in [0.5, 0.6) is 11.8 Å². The molecule has 6 heteroatoms. The molecule has 0 aliphatic rings. The number of ether oxygens (including phenoxy) is 1. The van der Waals surface area contributed by atoms with E-state index < -0.39 is 11.6 Å². The van der Waals surface area contributed by atoms with Gasteiger partial charge in [0.15, 0.2) is 11.6 Å². The minimum absolute atomic E-state index is 0.0826. The predicted molar refractivity (Wildman–Crippen MR) is 55.7 cm³/mol. The van der Waals surface area contributed by atoms with E-state index in [1.165, 1.54) is 12.3 Å². The molecule has 1 aromatic heterocycles. The Kier molecular flexibility index (Phi) is 3.34. The molecule has 1 aromatic carbocycles. The van der Waals surface area contributed by atoms with E-state index in [4.69, 9.17) is 9.15 Å². The summed E-state index contributed by atoms with van der Waals surface area (Å²) in [6.45, 7) is 0.513. The molecule has 0 amide bonds. The number of aromatic nitrogens is 1. The van der Waals surface area contributed by atoms with Gasteiger partial charge in [0.25, 0.3) is 0 Å². The molecule has 0 spiro atoms. The van der Waals surface area contributed by atoms with Crippen LogP contribution in [0, 0.1) is 11.6 Å². The highest BCUT2D eigenvalue weighted by atomic mass is 19.1. The fourth-order valence-corrected chi connectivity index (χ4v) is 1.25. The Bertz CT molecular complexity index is 514. The zero-order chi connectivity index (χ0) is 12.3. The Morgan fingerprint density at radius 3 is 2.94 bits per heavy atom. The third-order valence-electron chi connectivity index (χ3n) is 1.98. The summed E-state index contributed by atoms with van der Waals surface area (Å²) in [6.07, 6.45) is 1.31. The number of halogens is 2. The number of benzene rings is 1. The van der Waals surface area contributed by atoms with E-state index in [0.29, 0.717) is 12.2 Å². The van der Waals surface area contributed by atoms with E-state index in [-0.39, 0.29) is 11.8 Å². The number of hydrogen-bond donors (Lipinski definition) is 1. The maximum atomic E-state index is 13.2. The van der Waals surface area contributed by atoms with Crippen molar-refractivity contribution in [3.8, 4) is 11.8 Å². The Morgan fingerprint density at radius 2 is 2.24 bits per heavy atom. The first-order valence-electron chi connectivity index (χ1n) is 4.91. The molecule has 1 heterocycles. The summed E-state index contributed by atoms with van der Waals surface area (Å²) in [5.41, 5.74) is 0.630. The van der Waals surface area contributed by atoms with Gasteiger partial charge in [-0.05, 0) is 19.2 Å². The molecule has 4 nitrogen and oxygen atoms in total.